The molecule has 0 aliphatic rings. The van der Waals surface area contributed by atoms with E-state index in [0.717, 1.165) is 18.5 Å². The van der Waals surface area contributed by atoms with Crippen LogP contribution in [0.2, 0.25) is 5.15 Å². The number of halogens is 1. The summed E-state index contributed by atoms with van der Waals surface area (Å²) in [6.07, 6.45) is 5.71. The van der Waals surface area contributed by atoms with Crippen LogP contribution in [-0.2, 0) is 6.42 Å². The maximum atomic E-state index is 11.9. The first-order valence-corrected chi connectivity index (χ1v) is 8.87. The zero-order chi connectivity index (χ0) is 18.6. The monoisotopic (exact) mass is 374 g/mol. The first kappa shape index (κ1) is 19.7. The van der Waals surface area contributed by atoms with Crippen molar-refractivity contribution in [1.29, 1.82) is 0 Å². The van der Waals surface area contributed by atoms with Crippen LogP contribution in [0.3, 0.4) is 0 Å². The van der Waals surface area contributed by atoms with Gasteiger partial charge in [0.1, 0.15) is 5.15 Å². The molecule has 0 fully saturated rings. The molecule has 7 nitrogen and oxygen atoms in total. The average molecular weight is 375 g/mol. The lowest BCUT2D eigenvalue weighted by atomic mass is 10.2. The standard InChI is InChI=1S/C18H23ClN6O/c1-2-21-18(23-9-7-14-5-6-16(19)25-12-14)24-11-10-22-17(26)15-4-3-8-20-13-15/h3-6,8,12-13H,2,7,9-11H2,1H3,(H,22,26)(H2,21,23,24). The minimum absolute atomic E-state index is 0.142. The quantitative estimate of drug-likeness (QED) is 0.283. The van der Waals surface area contributed by atoms with E-state index in [-0.39, 0.29) is 5.91 Å². The second kappa shape index (κ2) is 11.0. The molecule has 0 unspecified atom stereocenters. The first-order chi connectivity index (χ1) is 12.7. The number of nitrogens with zero attached hydrogens (tertiary/aromatic N) is 3. The van der Waals surface area contributed by atoms with Gasteiger partial charge in [-0.15, -0.1) is 0 Å². The Bertz CT molecular complexity index is 705. The molecule has 2 rings (SSSR count). The molecule has 2 aromatic rings. The molecule has 0 saturated carbocycles. The minimum atomic E-state index is -0.142. The number of carbonyl (C=O) groups excluding carboxylic acids is 1. The Morgan fingerprint density at radius 3 is 2.69 bits per heavy atom. The summed E-state index contributed by atoms with van der Waals surface area (Å²) >= 11 is 5.78. The summed E-state index contributed by atoms with van der Waals surface area (Å²) in [5.41, 5.74) is 1.63. The molecule has 0 aliphatic heterocycles. The van der Waals surface area contributed by atoms with Gasteiger partial charge in [0.25, 0.3) is 5.91 Å². The van der Waals surface area contributed by atoms with Crippen LogP contribution in [0.25, 0.3) is 0 Å². The van der Waals surface area contributed by atoms with Crippen LogP contribution < -0.4 is 16.0 Å². The molecule has 2 heterocycles. The van der Waals surface area contributed by atoms with E-state index < -0.39 is 0 Å². The summed E-state index contributed by atoms with van der Waals surface area (Å²) < 4.78 is 0. The number of hydrogen-bond donors (Lipinski definition) is 3. The maximum Gasteiger partial charge on any atom is 0.252 e. The number of hydrogen-bond acceptors (Lipinski definition) is 4. The second-order valence-corrected chi connectivity index (χ2v) is 5.81. The number of aliphatic imine (C=N–C) groups is 1. The molecule has 138 valence electrons. The summed E-state index contributed by atoms with van der Waals surface area (Å²) in [6, 6.07) is 7.18. The highest BCUT2D eigenvalue weighted by Crippen LogP contribution is 2.05. The fourth-order valence-corrected chi connectivity index (χ4v) is 2.26. The van der Waals surface area contributed by atoms with Gasteiger partial charge < -0.3 is 16.0 Å². The Labute approximate surface area is 158 Å². The topological polar surface area (TPSA) is 91.3 Å². The van der Waals surface area contributed by atoms with Crippen molar-refractivity contribution in [2.24, 2.45) is 4.99 Å². The summed E-state index contributed by atoms with van der Waals surface area (Å²) in [6.45, 7) is 4.45. The summed E-state index contributed by atoms with van der Waals surface area (Å²) in [5, 5.41) is 9.70. The fraction of sp³-hybridized carbons (Fsp3) is 0.333. The Morgan fingerprint density at radius 2 is 2.00 bits per heavy atom. The van der Waals surface area contributed by atoms with E-state index in [4.69, 9.17) is 11.6 Å². The van der Waals surface area contributed by atoms with Crippen LogP contribution >= 0.6 is 11.6 Å². The van der Waals surface area contributed by atoms with E-state index in [9.17, 15) is 4.79 Å². The average Bonchev–Trinajstić information content (AvgIpc) is 2.67. The molecule has 0 aliphatic carbocycles. The molecule has 1 amide bonds. The molecule has 0 aromatic carbocycles. The largest absolute Gasteiger partial charge is 0.357 e. The smallest absolute Gasteiger partial charge is 0.252 e. The van der Waals surface area contributed by atoms with Gasteiger partial charge in [0.2, 0.25) is 0 Å². The molecular weight excluding hydrogens is 352 g/mol. The van der Waals surface area contributed by atoms with Crippen LogP contribution in [0.5, 0.6) is 0 Å². The molecule has 0 saturated heterocycles. The fourth-order valence-electron chi connectivity index (χ4n) is 2.15. The molecule has 2 aromatic heterocycles. The summed E-state index contributed by atoms with van der Waals surface area (Å²) in [4.78, 5) is 24.4. The van der Waals surface area contributed by atoms with E-state index in [1.807, 2.05) is 13.0 Å². The van der Waals surface area contributed by atoms with Crippen molar-refractivity contribution in [2.75, 3.05) is 26.2 Å². The third-order valence-electron chi connectivity index (χ3n) is 3.43. The molecule has 0 bridgehead atoms. The van der Waals surface area contributed by atoms with Gasteiger partial charge in [-0.05, 0) is 37.1 Å². The molecule has 0 spiro atoms. The van der Waals surface area contributed by atoms with Gasteiger partial charge in [0.15, 0.2) is 5.96 Å². The number of rotatable bonds is 8. The van der Waals surface area contributed by atoms with E-state index in [1.165, 1.54) is 0 Å². The Morgan fingerprint density at radius 1 is 1.15 bits per heavy atom. The summed E-state index contributed by atoms with van der Waals surface area (Å²) in [5.74, 6) is 0.571. The third kappa shape index (κ3) is 7.06. The molecule has 0 atom stereocenters. The van der Waals surface area contributed by atoms with Crippen molar-refractivity contribution in [2.45, 2.75) is 13.3 Å². The Balaban J connectivity index is 1.73. The van der Waals surface area contributed by atoms with E-state index in [0.29, 0.717) is 36.3 Å². The highest BCUT2D eigenvalue weighted by atomic mass is 35.5. The molecular formula is C18H23ClN6O. The molecule has 0 radical (unpaired) electrons. The number of nitrogens with one attached hydrogen (secondary N) is 3. The van der Waals surface area contributed by atoms with Crippen molar-refractivity contribution in [3.8, 4) is 0 Å². The minimum Gasteiger partial charge on any atom is -0.357 e. The number of amides is 1. The van der Waals surface area contributed by atoms with Crippen LogP contribution in [0, 0.1) is 0 Å². The van der Waals surface area contributed by atoms with E-state index >= 15 is 0 Å². The third-order valence-corrected chi connectivity index (χ3v) is 3.65. The second-order valence-electron chi connectivity index (χ2n) is 5.42. The van der Waals surface area contributed by atoms with Crippen molar-refractivity contribution in [3.05, 3.63) is 59.1 Å². The van der Waals surface area contributed by atoms with Crippen LogP contribution in [0.1, 0.15) is 22.8 Å². The van der Waals surface area contributed by atoms with E-state index in [2.05, 4.69) is 30.9 Å². The van der Waals surface area contributed by atoms with Gasteiger partial charge in [-0.3, -0.25) is 14.8 Å². The lowest BCUT2D eigenvalue weighted by Crippen LogP contribution is -2.41. The lowest BCUT2D eigenvalue weighted by molar-refractivity contribution is 0.0954. The van der Waals surface area contributed by atoms with Gasteiger partial charge in [-0.1, -0.05) is 17.7 Å². The SMILES string of the molecule is CCNC(=NCCc1ccc(Cl)nc1)NCCNC(=O)c1cccnc1. The van der Waals surface area contributed by atoms with Crippen LogP contribution in [0.4, 0.5) is 0 Å². The zero-order valence-electron chi connectivity index (χ0n) is 14.7. The van der Waals surface area contributed by atoms with Gasteiger partial charge in [0, 0.05) is 44.8 Å². The number of carbonyl (C=O) groups is 1. The highest BCUT2D eigenvalue weighted by molar-refractivity contribution is 6.29. The van der Waals surface area contributed by atoms with Crippen molar-refractivity contribution in [3.63, 3.8) is 0 Å². The van der Waals surface area contributed by atoms with E-state index in [1.54, 1.807) is 36.8 Å². The number of aromatic nitrogens is 2. The molecule has 26 heavy (non-hydrogen) atoms. The van der Waals surface area contributed by atoms with Crippen molar-refractivity contribution in [1.82, 2.24) is 25.9 Å². The zero-order valence-corrected chi connectivity index (χ0v) is 15.5. The first-order valence-electron chi connectivity index (χ1n) is 8.50. The lowest BCUT2D eigenvalue weighted by Gasteiger charge is -2.12. The predicted molar refractivity (Wildman–Crippen MR) is 104 cm³/mol. The van der Waals surface area contributed by atoms with Gasteiger partial charge in [-0.2, -0.15) is 0 Å². The van der Waals surface area contributed by atoms with Crippen molar-refractivity contribution >= 4 is 23.5 Å². The maximum absolute atomic E-state index is 11.9. The molecule has 3 N–H and O–H groups in total. The van der Waals surface area contributed by atoms with Gasteiger partial charge in [-0.25, -0.2) is 4.98 Å². The van der Waals surface area contributed by atoms with Crippen LogP contribution in [-0.4, -0.2) is 48.0 Å². The molecule has 8 heteroatoms. The predicted octanol–water partition coefficient (Wildman–Crippen LogP) is 1.66. The number of pyridine rings is 2. The summed E-state index contributed by atoms with van der Waals surface area (Å²) in [7, 11) is 0. The normalized spacial score (nSPS) is 11.1. The highest BCUT2D eigenvalue weighted by Gasteiger charge is 2.04. The van der Waals surface area contributed by atoms with Crippen LogP contribution in [0.15, 0.2) is 47.8 Å². The van der Waals surface area contributed by atoms with Gasteiger partial charge >= 0.3 is 0 Å². The Hall–Kier alpha value is -2.67. The van der Waals surface area contributed by atoms with Crippen molar-refractivity contribution < 1.29 is 4.79 Å². The number of guanidine groups is 1. The van der Waals surface area contributed by atoms with Gasteiger partial charge in [0.05, 0.1) is 5.56 Å². The Kier molecular flexibility index (Phi) is 8.35.